The third-order valence-electron chi connectivity index (χ3n) is 3.34. The van der Waals surface area contributed by atoms with E-state index in [1.165, 1.54) is 12.3 Å². The first kappa shape index (κ1) is 16.1. The zero-order chi connectivity index (χ0) is 16.2. The van der Waals surface area contributed by atoms with Crippen molar-refractivity contribution in [1.82, 2.24) is 4.98 Å². The van der Waals surface area contributed by atoms with Crippen LogP contribution in [-0.4, -0.2) is 30.2 Å². The van der Waals surface area contributed by atoms with Crippen LogP contribution in [-0.2, 0) is 4.74 Å². The fraction of sp³-hybridized carbons (Fsp3) is 0.250. The molecular formula is C16H14Cl2N2O3. The summed E-state index contributed by atoms with van der Waals surface area (Å²) in [5, 5.41) is 3.64. The monoisotopic (exact) mass is 352 g/mol. The number of nitrogens with zero attached hydrogens (tertiary/aromatic N) is 1. The lowest BCUT2D eigenvalue weighted by molar-refractivity contribution is 0.102. The highest BCUT2D eigenvalue weighted by Crippen LogP contribution is 2.25. The van der Waals surface area contributed by atoms with E-state index in [9.17, 15) is 4.79 Å². The van der Waals surface area contributed by atoms with Gasteiger partial charge in [-0.2, -0.15) is 0 Å². The van der Waals surface area contributed by atoms with Crippen molar-refractivity contribution in [3.8, 4) is 5.88 Å². The van der Waals surface area contributed by atoms with Crippen LogP contribution in [0.25, 0.3) is 0 Å². The molecule has 3 rings (SSSR count). The molecule has 1 atom stereocenters. The van der Waals surface area contributed by atoms with Gasteiger partial charge in [0.2, 0.25) is 5.88 Å². The number of rotatable bonds is 4. The first-order valence-electron chi connectivity index (χ1n) is 7.08. The molecule has 5 nitrogen and oxygen atoms in total. The number of carbonyl (C=O) groups is 1. The van der Waals surface area contributed by atoms with Crippen LogP contribution in [0.5, 0.6) is 5.88 Å². The second kappa shape index (κ2) is 7.17. The number of aromatic nitrogens is 1. The third-order valence-corrected chi connectivity index (χ3v) is 3.86. The lowest BCUT2D eigenvalue weighted by Gasteiger charge is -2.12. The van der Waals surface area contributed by atoms with Crippen molar-refractivity contribution >= 4 is 34.8 Å². The summed E-state index contributed by atoms with van der Waals surface area (Å²) in [6.45, 7) is 1.20. The molecule has 0 saturated carbocycles. The van der Waals surface area contributed by atoms with Crippen LogP contribution in [0.4, 0.5) is 5.69 Å². The van der Waals surface area contributed by atoms with Crippen molar-refractivity contribution in [3.63, 3.8) is 0 Å². The zero-order valence-corrected chi connectivity index (χ0v) is 13.6. The topological polar surface area (TPSA) is 60.5 Å². The number of ether oxygens (including phenoxy) is 2. The van der Waals surface area contributed by atoms with Gasteiger partial charge < -0.3 is 14.8 Å². The quantitative estimate of drug-likeness (QED) is 0.908. The SMILES string of the molecule is O=C(Nc1ccc(Cl)cc1)c1cnc(OC2CCOC2)c(Cl)c1. The molecule has 120 valence electrons. The molecule has 1 unspecified atom stereocenters. The molecule has 1 aliphatic heterocycles. The molecule has 2 aromatic rings. The van der Waals surface area contributed by atoms with Gasteiger partial charge in [-0.15, -0.1) is 0 Å². The van der Waals surface area contributed by atoms with E-state index in [4.69, 9.17) is 32.7 Å². The van der Waals surface area contributed by atoms with Gasteiger partial charge in [0.15, 0.2) is 0 Å². The van der Waals surface area contributed by atoms with E-state index in [1.807, 2.05) is 0 Å². The fourth-order valence-corrected chi connectivity index (χ4v) is 2.47. The predicted molar refractivity (Wildman–Crippen MR) is 88.5 cm³/mol. The number of amides is 1. The van der Waals surface area contributed by atoms with E-state index >= 15 is 0 Å². The molecule has 2 heterocycles. The maximum Gasteiger partial charge on any atom is 0.257 e. The second-order valence-electron chi connectivity index (χ2n) is 5.08. The average molecular weight is 353 g/mol. The van der Waals surface area contributed by atoms with Gasteiger partial charge in [0.25, 0.3) is 5.91 Å². The van der Waals surface area contributed by atoms with Crippen LogP contribution < -0.4 is 10.1 Å². The van der Waals surface area contributed by atoms with E-state index in [0.29, 0.717) is 40.4 Å². The minimum Gasteiger partial charge on any atom is -0.471 e. The van der Waals surface area contributed by atoms with Gasteiger partial charge in [-0.3, -0.25) is 4.79 Å². The Bertz CT molecular complexity index is 701. The standard InChI is InChI=1S/C16H14Cl2N2O3/c17-11-1-3-12(4-2-11)20-15(21)10-7-14(18)16(19-8-10)23-13-5-6-22-9-13/h1-4,7-8,13H,5-6,9H2,(H,20,21). The van der Waals surface area contributed by atoms with Crippen molar-refractivity contribution in [3.05, 3.63) is 52.1 Å². The van der Waals surface area contributed by atoms with E-state index < -0.39 is 0 Å². The van der Waals surface area contributed by atoms with Crippen molar-refractivity contribution in [2.75, 3.05) is 18.5 Å². The number of carbonyl (C=O) groups excluding carboxylic acids is 1. The van der Waals surface area contributed by atoms with Gasteiger partial charge in [-0.25, -0.2) is 4.98 Å². The van der Waals surface area contributed by atoms with Crippen LogP contribution in [0.2, 0.25) is 10.0 Å². The Labute approximate surface area is 143 Å². The van der Waals surface area contributed by atoms with Gasteiger partial charge in [-0.05, 0) is 30.3 Å². The summed E-state index contributed by atoms with van der Waals surface area (Å²) < 4.78 is 10.9. The van der Waals surface area contributed by atoms with E-state index in [0.717, 1.165) is 6.42 Å². The van der Waals surface area contributed by atoms with Crippen LogP contribution in [0, 0.1) is 0 Å². The minimum absolute atomic E-state index is 0.0475. The lowest BCUT2D eigenvalue weighted by atomic mass is 10.2. The number of nitrogens with one attached hydrogen (secondary N) is 1. The predicted octanol–water partition coefficient (Wildman–Crippen LogP) is 3.81. The highest BCUT2D eigenvalue weighted by molar-refractivity contribution is 6.32. The van der Waals surface area contributed by atoms with Crippen molar-refractivity contribution in [2.24, 2.45) is 0 Å². The summed E-state index contributed by atoms with van der Waals surface area (Å²) in [7, 11) is 0. The number of hydrogen-bond acceptors (Lipinski definition) is 4. The Morgan fingerprint density at radius 2 is 2.09 bits per heavy atom. The Balaban J connectivity index is 1.68. The Morgan fingerprint density at radius 1 is 1.30 bits per heavy atom. The largest absolute Gasteiger partial charge is 0.471 e. The van der Waals surface area contributed by atoms with Gasteiger partial charge in [0.1, 0.15) is 11.1 Å². The number of anilines is 1. The molecule has 7 heteroatoms. The van der Waals surface area contributed by atoms with Gasteiger partial charge >= 0.3 is 0 Å². The smallest absolute Gasteiger partial charge is 0.257 e. The Hall–Kier alpha value is -1.82. The summed E-state index contributed by atoms with van der Waals surface area (Å²) in [6, 6.07) is 8.36. The maximum atomic E-state index is 12.2. The van der Waals surface area contributed by atoms with Gasteiger partial charge in [0, 0.05) is 23.3 Å². The highest BCUT2D eigenvalue weighted by atomic mass is 35.5. The molecule has 1 N–H and O–H groups in total. The number of halogens is 2. The number of hydrogen-bond donors (Lipinski definition) is 1. The summed E-state index contributed by atoms with van der Waals surface area (Å²) in [6.07, 6.45) is 2.19. The molecule has 1 amide bonds. The van der Waals surface area contributed by atoms with Gasteiger partial charge in [0.05, 0.1) is 18.8 Å². The Morgan fingerprint density at radius 3 is 2.74 bits per heavy atom. The van der Waals surface area contributed by atoms with Crippen LogP contribution in [0.3, 0.4) is 0 Å². The van der Waals surface area contributed by atoms with Gasteiger partial charge in [-0.1, -0.05) is 23.2 Å². The van der Waals surface area contributed by atoms with Crippen molar-refractivity contribution in [2.45, 2.75) is 12.5 Å². The minimum atomic E-state index is -0.308. The zero-order valence-electron chi connectivity index (χ0n) is 12.1. The van der Waals surface area contributed by atoms with Crippen LogP contribution in [0.15, 0.2) is 36.5 Å². The Kier molecular flexibility index (Phi) is 5.00. The first-order chi connectivity index (χ1) is 11.1. The van der Waals surface area contributed by atoms with Crippen molar-refractivity contribution in [1.29, 1.82) is 0 Å². The molecule has 0 radical (unpaired) electrons. The summed E-state index contributed by atoms with van der Waals surface area (Å²) >= 11 is 12.0. The number of benzene rings is 1. The molecule has 1 aliphatic rings. The summed E-state index contributed by atoms with van der Waals surface area (Å²) in [4.78, 5) is 16.3. The molecule has 1 fully saturated rings. The average Bonchev–Trinajstić information content (AvgIpc) is 3.04. The highest BCUT2D eigenvalue weighted by Gasteiger charge is 2.20. The number of pyridine rings is 1. The van der Waals surface area contributed by atoms with E-state index in [-0.39, 0.29) is 12.0 Å². The molecule has 0 aliphatic carbocycles. The van der Waals surface area contributed by atoms with E-state index in [2.05, 4.69) is 10.3 Å². The lowest BCUT2D eigenvalue weighted by Crippen LogP contribution is -2.17. The van der Waals surface area contributed by atoms with Crippen LogP contribution in [0.1, 0.15) is 16.8 Å². The normalized spacial score (nSPS) is 17.0. The summed E-state index contributed by atoms with van der Waals surface area (Å²) in [5.41, 5.74) is 0.985. The molecular weight excluding hydrogens is 339 g/mol. The van der Waals surface area contributed by atoms with E-state index in [1.54, 1.807) is 24.3 Å². The third kappa shape index (κ3) is 4.13. The second-order valence-corrected chi connectivity index (χ2v) is 5.92. The molecule has 0 bridgehead atoms. The van der Waals surface area contributed by atoms with Crippen LogP contribution >= 0.6 is 23.2 Å². The summed E-state index contributed by atoms with van der Waals surface area (Å²) in [5.74, 6) is 0.00248. The molecule has 1 aromatic heterocycles. The maximum absolute atomic E-state index is 12.2. The molecule has 1 aromatic carbocycles. The molecule has 0 spiro atoms. The fourth-order valence-electron chi connectivity index (χ4n) is 2.14. The molecule has 23 heavy (non-hydrogen) atoms. The van der Waals surface area contributed by atoms with Crippen molar-refractivity contribution < 1.29 is 14.3 Å². The first-order valence-corrected chi connectivity index (χ1v) is 7.84. The molecule has 1 saturated heterocycles.